The molecule has 9 heteroatoms. The van der Waals surface area contributed by atoms with E-state index >= 15 is 0 Å². The molecule has 52 heavy (non-hydrogen) atoms. The zero-order valence-corrected chi connectivity index (χ0v) is 34.2. The summed E-state index contributed by atoms with van der Waals surface area (Å²) in [6.45, 7) is 28.4. The summed E-state index contributed by atoms with van der Waals surface area (Å²) < 4.78 is 6.71. The normalized spacial score (nSPS) is 15.0. The number of aromatic nitrogens is 3. The average molecular weight is 712 g/mol. The Balaban J connectivity index is 1.52. The van der Waals surface area contributed by atoms with Gasteiger partial charge < -0.3 is 15.0 Å². The highest BCUT2D eigenvalue weighted by Gasteiger charge is 2.31. The molecule has 3 aromatic rings. The highest BCUT2D eigenvalue weighted by atomic mass is 16.5. The molecule has 1 aromatic heterocycles. The molecule has 2 aromatic carbocycles. The third-order valence-corrected chi connectivity index (χ3v) is 11.1. The molecular weight excluding hydrogens is 647 g/mol. The first kappa shape index (κ1) is 40.8. The summed E-state index contributed by atoms with van der Waals surface area (Å²) in [5.74, 6) is 1.80. The van der Waals surface area contributed by atoms with E-state index in [1.807, 2.05) is 13.8 Å². The van der Waals surface area contributed by atoms with Gasteiger partial charge in [-0.25, -0.2) is 9.98 Å². The number of amides is 1. The Hall–Kier alpha value is -4.01. The molecule has 9 nitrogen and oxygen atoms in total. The maximum Gasteiger partial charge on any atom is 0.261 e. The van der Waals surface area contributed by atoms with Gasteiger partial charge in [-0.2, -0.15) is 5.10 Å². The van der Waals surface area contributed by atoms with Gasteiger partial charge in [-0.15, -0.1) is 9.89 Å². The lowest BCUT2D eigenvalue weighted by atomic mass is 9.76. The number of hydrogen-bond acceptors (Lipinski definition) is 7. The van der Waals surface area contributed by atoms with E-state index in [2.05, 4.69) is 121 Å². The van der Waals surface area contributed by atoms with E-state index in [1.165, 1.54) is 11.3 Å². The summed E-state index contributed by atoms with van der Waals surface area (Å²) >= 11 is 0. The van der Waals surface area contributed by atoms with Crippen molar-refractivity contribution in [2.75, 3.05) is 24.5 Å². The van der Waals surface area contributed by atoms with Crippen LogP contribution in [0.25, 0.3) is 0 Å². The second-order valence-corrected chi connectivity index (χ2v) is 15.8. The van der Waals surface area contributed by atoms with E-state index in [9.17, 15) is 4.79 Å². The third-order valence-electron chi connectivity index (χ3n) is 11.1. The number of unbranched alkanes of at least 4 members (excludes halogenated alkanes) is 3. The van der Waals surface area contributed by atoms with E-state index < -0.39 is 6.10 Å². The minimum Gasteiger partial charge on any atom is -0.480 e. The zero-order valence-electron chi connectivity index (χ0n) is 34.2. The number of carbonyl (C=O) groups excluding carboxylic acids is 1. The van der Waals surface area contributed by atoms with Crippen molar-refractivity contribution in [3.63, 3.8) is 0 Å². The predicted octanol–water partition coefficient (Wildman–Crippen LogP) is 9.80. The molecule has 0 radical (unpaired) electrons. The van der Waals surface area contributed by atoms with Crippen molar-refractivity contribution in [3.8, 4) is 5.75 Å². The Bertz CT molecular complexity index is 1730. The number of anilines is 1. The Labute approximate surface area is 313 Å². The van der Waals surface area contributed by atoms with Gasteiger partial charge in [0, 0.05) is 36.8 Å². The van der Waals surface area contributed by atoms with Crippen LogP contribution >= 0.6 is 0 Å². The van der Waals surface area contributed by atoms with Crippen LogP contribution in [-0.2, 0) is 15.6 Å². The van der Waals surface area contributed by atoms with Crippen molar-refractivity contribution in [1.29, 1.82) is 0 Å². The molecule has 2 heterocycles. The summed E-state index contributed by atoms with van der Waals surface area (Å²) in [5.41, 5.74) is 7.07. The Morgan fingerprint density at radius 3 is 2.29 bits per heavy atom. The standard InChI is InChI=1S/C43H65N7O2/c1-13-18-19-20-21-37(52-36-25-22-32(42(9,10)14-2)27-34(36)43(11,12)15-3)41(51)44-28-30(7)39-46-40-38(31(8)47-50(40)48-39)45-35-24-23-33(26-29(35)6)49(16-4)17-5/h22-27,30,37H,13-21,28H2,1-12H3,(H,44,51). The third kappa shape index (κ3) is 9.50. The second-order valence-electron chi connectivity index (χ2n) is 15.8. The van der Waals surface area contributed by atoms with Crippen LogP contribution in [0.2, 0.25) is 0 Å². The number of fused-ring (bicyclic) bond motifs is 1. The van der Waals surface area contributed by atoms with Crippen LogP contribution in [-0.4, -0.2) is 57.9 Å². The van der Waals surface area contributed by atoms with E-state index in [4.69, 9.17) is 19.8 Å². The summed E-state index contributed by atoms with van der Waals surface area (Å²) in [4.78, 5) is 27.7. The maximum atomic E-state index is 13.9. The topological polar surface area (TPSA) is 97.0 Å². The molecule has 4 rings (SSSR count). The first-order chi connectivity index (χ1) is 24.7. The number of aryl methyl sites for hydroxylation is 1. The van der Waals surface area contributed by atoms with Crippen LogP contribution in [0.1, 0.15) is 155 Å². The summed E-state index contributed by atoms with van der Waals surface area (Å²) in [7, 11) is 0. The van der Waals surface area contributed by atoms with Gasteiger partial charge in [0.25, 0.3) is 5.91 Å². The lowest BCUT2D eigenvalue weighted by molar-refractivity contribution is -0.128. The van der Waals surface area contributed by atoms with Crippen molar-refractivity contribution < 1.29 is 9.53 Å². The summed E-state index contributed by atoms with van der Waals surface area (Å²) in [5, 5.41) is 12.5. The monoisotopic (exact) mass is 712 g/mol. The van der Waals surface area contributed by atoms with Crippen LogP contribution in [0.5, 0.6) is 5.75 Å². The van der Waals surface area contributed by atoms with E-state index in [0.717, 1.165) is 79.9 Å². The fraction of sp³-hybridized carbons (Fsp3) is 0.605. The van der Waals surface area contributed by atoms with Crippen LogP contribution < -0.4 is 15.0 Å². The predicted molar refractivity (Wildman–Crippen MR) is 217 cm³/mol. The maximum absolute atomic E-state index is 13.9. The summed E-state index contributed by atoms with van der Waals surface area (Å²) in [6, 6.07) is 12.9. The molecule has 2 atom stereocenters. The molecule has 0 spiro atoms. The van der Waals surface area contributed by atoms with Crippen LogP contribution in [0.15, 0.2) is 46.5 Å². The van der Waals surface area contributed by atoms with Gasteiger partial charge in [-0.3, -0.25) is 4.79 Å². The fourth-order valence-corrected chi connectivity index (χ4v) is 6.49. The molecule has 1 N–H and O–H groups in total. The molecule has 0 saturated heterocycles. The first-order valence-corrected chi connectivity index (χ1v) is 19.8. The molecule has 2 unspecified atom stereocenters. The quantitative estimate of drug-likeness (QED) is 0.125. The summed E-state index contributed by atoms with van der Waals surface area (Å²) in [6.07, 6.45) is 6.36. The largest absolute Gasteiger partial charge is 0.480 e. The Kier molecular flexibility index (Phi) is 13.9. The van der Waals surface area contributed by atoms with Crippen molar-refractivity contribution in [1.82, 2.24) is 20.2 Å². The van der Waals surface area contributed by atoms with Crippen LogP contribution in [0, 0.1) is 6.92 Å². The van der Waals surface area contributed by atoms with Crippen LogP contribution in [0.3, 0.4) is 0 Å². The minimum absolute atomic E-state index is 0.0534. The molecule has 1 aliphatic heterocycles. The number of aliphatic imine (C=N–C) groups is 1. The second kappa shape index (κ2) is 17.7. The fourth-order valence-electron chi connectivity index (χ4n) is 6.49. The zero-order chi connectivity index (χ0) is 38.2. The average Bonchev–Trinajstić information content (AvgIpc) is 3.67. The molecule has 0 aliphatic carbocycles. The SMILES string of the molecule is CCCCCCC(Oc1ccc(C(C)(C)CC)cc1C(C)(C)CC)C(=O)NCC(C)c1nc2n(n1)N=C(C)C2=Nc1ccc(N(CC)CC)cc1C. The molecule has 284 valence electrons. The van der Waals surface area contributed by atoms with Gasteiger partial charge in [0.1, 0.15) is 11.5 Å². The highest BCUT2D eigenvalue weighted by Crippen LogP contribution is 2.39. The number of benzene rings is 2. The van der Waals surface area contributed by atoms with E-state index in [-0.39, 0.29) is 22.7 Å². The molecule has 0 fully saturated rings. The van der Waals surface area contributed by atoms with E-state index in [0.29, 0.717) is 30.3 Å². The van der Waals surface area contributed by atoms with Crippen LogP contribution in [0.4, 0.5) is 11.4 Å². The lowest BCUT2D eigenvalue weighted by Gasteiger charge is -2.31. The molecule has 0 saturated carbocycles. The first-order valence-electron chi connectivity index (χ1n) is 19.8. The molecular formula is C43H65N7O2. The number of carbonyl (C=O) groups is 1. The van der Waals surface area contributed by atoms with Gasteiger partial charge in [-0.05, 0) is 99.6 Å². The number of rotatable bonds is 19. The van der Waals surface area contributed by atoms with Gasteiger partial charge in [-0.1, -0.05) is 86.8 Å². The highest BCUT2D eigenvalue weighted by molar-refractivity contribution is 6.48. The number of hydrogen-bond donors (Lipinski definition) is 1. The smallest absolute Gasteiger partial charge is 0.261 e. The van der Waals surface area contributed by atoms with Crippen molar-refractivity contribution in [2.45, 2.75) is 151 Å². The van der Waals surface area contributed by atoms with Crippen molar-refractivity contribution in [2.24, 2.45) is 10.1 Å². The number of nitrogens with one attached hydrogen (secondary N) is 1. The van der Waals surface area contributed by atoms with Crippen molar-refractivity contribution >= 4 is 28.7 Å². The number of nitrogens with zero attached hydrogens (tertiary/aromatic N) is 6. The van der Waals surface area contributed by atoms with E-state index in [1.54, 1.807) is 4.79 Å². The lowest BCUT2D eigenvalue weighted by Crippen LogP contribution is -2.40. The van der Waals surface area contributed by atoms with Gasteiger partial charge in [0.2, 0.25) is 5.82 Å². The Morgan fingerprint density at radius 1 is 0.942 bits per heavy atom. The van der Waals surface area contributed by atoms with Gasteiger partial charge in [0.05, 0.1) is 11.4 Å². The molecule has 0 bridgehead atoms. The van der Waals surface area contributed by atoms with Gasteiger partial charge in [0.15, 0.2) is 11.9 Å². The van der Waals surface area contributed by atoms with Crippen molar-refractivity contribution in [3.05, 3.63) is 64.7 Å². The Morgan fingerprint density at radius 2 is 1.65 bits per heavy atom. The van der Waals surface area contributed by atoms with Gasteiger partial charge >= 0.3 is 0 Å². The number of ether oxygens (including phenoxy) is 1. The molecule has 1 amide bonds. The molecule has 1 aliphatic rings. The minimum atomic E-state index is -0.595.